The first-order valence-electron chi connectivity index (χ1n) is 10.6. The van der Waals surface area contributed by atoms with Gasteiger partial charge in [-0.3, -0.25) is 4.79 Å². The molecule has 2 rings (SSSR count). The van der Waals surface area contributed by atoms with Crippen molar-refractivity contribution in [3.8, 4) is 23.0 Å². The van der Waals surface area contributed by atoms with Crippen LogP contribution in [-0.4, -0.2) is 16.3 Å². The van der Waals surface area contributed by atoms with Gasteiger partial charge in [0.05, 0.1) is 30.0 Å². The second kappa shape index (κ2) is 12.0. The lowest BCUT2D eigenvalue weighted by Crippen LogP contribution is -2.20. The molecule has 0 atom stereocenters. The number of hydrogen-bond acceptors (Lipinski definition) is 5. The van der Waals surface area contributed by atoms with Crippen molar-refractivity contribution >= 4 is 10.9 Å². The van der Waals surface area contributed by atoms with Crippen LogP contribution in [0.4, 0.5) is 0 Å². The lowest BCUT2D eigenvalue weighted by molar-refractivity contribution is 0.284. The number of nitrogens with zero attached hydrogens (tertiary/aromatic N) is 1. The molecule has 0 bridgehead atoms. The second-order valence-electron chi connectivity index (χ2n) is 7.15. The van der Waals surface area contributed by atoms with Gasteiger partial charge in [-0.15, -0.1) is 0 Å². The van der Waals surface area contributed by atoms with Crippen LogP contribution in [0.15, 0.2) is 41.6 Å². The van der Waals surface area contributed by atoms with Gasteiger partial charge in [-0.1, -0.05) is 51.2 Å². The summed E-state index contributed by atoms with van der Waals surface area (Å²) in [4.78, 5) is 12.8. The van der Waals surface area contributed by atoms with Gasteiger partial charge in [-0.05, 0) is 20.3 Å². The summed E-state index contributed by atoms with van der Waals surface area (Å²) in [5, 5.41) is 11.3. The lowest BCUT2D eigenvalue weighted by atomic mass is 10.1. The summed E-state index contributed by atoms with van der Waals surface area (Å²) in [5.74, 6) is 0.611. The number of allylic oxidation sites excluding steroid dienone is 2. The first kappa shape index (κ1) is 23.4. The molecule has 0 spiro atoms. The minimum atomic E-state index is -0.397. The Morgan fingerprint density at radius 2 is 1.67 bits per heavy atom. The van der Waals surface area contributed by atoms with Gasteiger partial charge in [-0.2, -0.15) is 0 Å². The molecule has 6 nitrogen and oxygen atoms in total. The fourth-order valence-corrected chi connectivity index (χ4v) is 3.19. The molecule has 0 unspecified atom stereocenters. The first-order valence-corrected chi connectivity index (χ1v) is 10.6. The van der Waals surface area contributed by atoms with Crippen molar-refractivity contribution in [3.63, 3.8) is 0 Å². The van der Waals surface area contributed by atoms with Gasteiger partial charge < -0.3 is 23.9 Å². The van der Waals surface area contributed by atoms with Crippen LogP contribution in [0.1, 0.15) is 59.3 Å². The van der Waals surface area contributed by atoms with Crippen LogP contribution in [0, 0.1) is 0 Å². The van der Waals surface area contributed by atoms with Crippen molar-refractivity contribution in [2.24, 2.45) is 7.05 Å². The van der Waals surface area contributed by atoms with E-state index in [0.717, 1.165) is 19.3 Å². The van der Waals surface area contributed by atoms with Gasteiger partial charge in [0.15, 0.2) is 5.75 Å². The van der Waals surface area contributed by atoms with E-state index in [1.165, 1.54) is 36.4 Å². The second-order valence-corrected chi connectivity index (χ2v) is 7.15. The quantitative estimate of drug-likeness (QED) is 0.350. The Labute approximate surface area is 178 Å². The highest BCUT2D eigenvalue weighted by Crippen LogP contribution is 2.40. The summed E-state index contributed by atoms with van der Waals surface area (Å²) >= 11 is 0. The number of unbranched alkanes of at least 4 members (excludes halogenated alkanes) is 5. The lowest BCUT2D eigenvalue weighted by Gasteiger charge is -2.16. The molecular formula is C24H33NO5. The zero-order chi connectivity index (χ0) is 21.9. The predicted octanol–water partition coefficient (Wildman–Crippen LogP) is 5.81. The van der Waals surface area contributed by atoms with Crippen molar-refractivity contribution in [1.29, 1.82) is 0 Å². The number of aromatic nitrogens is 1. The zero-order valence-corrected chi connectivity index (χ0v) is 18.4. The number of aromatic hydroxyl groups is 1. The third-order valence-corrected chi connectivity index (χ3v) is 4.78. The molecular weight excluding hydrogens is 382 g/mol. The highest BCUT2D eigenvalue weighted by Gasteiger charge is 2.21. The Kier molecular flexibility index (Phi) is 9.32. The molecule has 1 heterocycles. The smallest absolute Gasteiger partial charge is 0.297 e. The van der Waals surface area contributed by atoms with Gasteiger partial charge in [0.2, 0.25) is 5.75 Å². The monoisotopic (exact) mass is 415 g/mol. The fourth-order valence-electron chi connectivity index (χ4n) is 3.19. The molecule has 30 heavy (non-hydrogen) atoms. The van der Waals surface area contributed by atoms with Crippen LogP contribution in [-0.2, 0) is 7.05 Å². The molecule has 1 aromatic heterocycles. The summed E-state index contributed by atoms with van der Waals surface area (Å²) in [5.41, 5.74) is 0.0945. The molecule has 0 aliphatic heterocycles. The average molecular weight is 416 g/mol. The van der Waals surface area contributed by atoms with E-state index < -0.39 is 5.56 Å². The summed E-state index contributed by atoms with van der Waals surface area (Å²) in [7, 11) is 1.64. The molecule has 2 aromatic rings. The Bertz CT molecular complexity index is 943. The van der Waals surface area contributed by atoms with E-state index in [1.54, 1.807) is 31.3 Å². The zero-order valence-electron chi connectivity index (χ0n) is 18.4. The molecule has 164 valence electrons. The highest BCUT2D eigenvalue weighted by atomic mass is 16.5. The third kappa shape index (κ3) is 5.81. The number of pyridine rings is 1. The number of hydrogen-bond donors (Lipinski definition) is 1. The molecule has 0 saturated heterocycles. The maximum atomic E-state index is 12.8. The highest BCUT2D eigenvalue weighted by molar-refractivity contribution is 5.94. The van der Waals surface area contributed by atoms with Crippen molar-refractivity contribution in [3.05, 3.63) is 47.2 Å². The predicted molar refractivity (Wildman–Crippen MR) is 121 cm³/mol. The molecule has 1 aromatic carbocycles. The van der Waals surface area contributed by atoms with Crippen LogP contribution in [0.5, 0.6) is 23.0 Å². The number of rotatable bonds is 12. The van der Waals surface area contributed by atoms with Gasteiger partial charge in [0.1, 0.15) is 11.5 Å². The van der Waals surface area contributed by atoms with Crippen LogP contribution in [0.25, 0.3) is 10.9 Å². The molecule has 0 fully saturated rings. The maximum Gasteiger partial charge on any atom is 0.297 e. The molecule has 0 saturated carbocycles. The third-order valence-electron chi connectivity index (χ3n) is 4.78. The summed E-state index contributed by atoms with van der Waals surface area (Å²) in [6.07, 6.45) is 13.2. The number of ether oxygens (including phenoxy) is 3. The Morgan fingerprint density at radius 3 is 2.37 bits per heavy atom. The van der Waals surface area contributed by atoms with E-state index in [1.807, 2.05) is 13.8 Å². The first-order chi connectivity index (χ1) is 14.5. The van der Waals surface area contributed by atoms with Crippen LogP contribution in [0.3, 0.4) is 0 Å². The van der Waals surface area contributed by atoms with Gasteiger partial charge in [0.25, 0.3) is 5.56 Å². The van der Waals surface area contributed by atoms with E-state index in [4.69, 9.17) is 14.2 Å². The van der Waals surface area contributed by atoms with Crippen molar-refractivity contribution < 1.29 is 19.3 Å². The van der Waals surface area contributed by atoms with E-state index in [-0.39, 0.29) is 11.5 Å². The molecule has 0 amide bonds. The fraction of sp³-hybridized carbons (Fsp3) is 0.458. The van der Waals surface area contributed by atoms with Gasteiger partial charge in [-0.25, -0.2) is 0 Å². The van der Waals surface area contributed by atoms with Crippen molar-refractivity contribution in [2.75, 3.05) is 6.61 Å². The Hall–Kier alpha value is -2.89. The minimum absolute atomic E-state index is 0.0500. The van der Waals surface area contributed by atoms with Gasteiger partial charge >= 0.3 is 0 Å². The summed E-state index contributed by atoms with van der Waals surface area (Å²) < 4.78 is 18.4. The summed E-state index contributed by atoms with van der Waals surface area (Å²) in [6.45, 7) is 6.24. The van der Waals surface area contributed by atoms with E-state index in [9.17, 15) is 9.90 Å². The molecule has 6 heteroatoms. The molecule has 0 aliphatic carbocycles. The number of fused-ring (bicyclic) bond motifs is 1. The standard InChI is InChI=1S/C24H33NO5/c1-5-8-9-10-11-12-15-30-23-22(26)21-19(25(4)24(23)27)16-18(28-13-6-2)17-20(21)29-14-7-3/h6-7,13-14,16-17,26H,5,8-12,15H2,1-4H3. The van der Waals surface area contributed by atoms with E-state index in [0.29, 0.717) is 29.0 Å². The average Bonchev–Trinajstić information content (AvgIpc) is 2.75. The minimum Gasteiger partial charge on any atom is -0.504 e. The molecule has 0 radical (unpaired) electrons. The van der Waals surface area contributed by atoms with Crippen molar-refractivity contribution in [1.82, 2.24) is 4.57 Å². The SMILES string of the molecule is CC=COc1cc(OC=CC)c2c(O)c(OCCCCCCCC)c(=O)n(C)c2c1. The number of aryl methyl sites for hydroxylation is 1. The number of benzene rings is 1. The van der Waals surface area contributed by atoms with Gasteiger partial charge in [0, 0.05) is 19.2 Å². The van der Waals surface area contributed by atoms with Crippen LogP contribution < -0.4 is 19.8 Å². The molecule has 1 N–H and O–H groups in total. The normalized spacial score (nSPS) is 11.6. The van der Waals surface area contributed by atoms with Crippen LogP contribution in [0.2, 0.25) is 0 Å². The maximum absolute atomic E-state index is 12.8. The van der Waals surface area contributed by atoms with E-state index >= 15 is 0 Å². The Balaban J connectivity index is 2.37. The van der Waals surface area contributed by atoms with Crippen molar-refractivity contribution in [2.45, 2.75) is 59.3 Å². The summed E-state index contributed by atoms with van der Waals surface area (Å²) in [6, 6.07) is 3.36. The topological polar surface area (TPSA) is 69.9 Å². The van der Waals surface area contributed by atoms with Crippen LogP contribution >= 0.6 is 0 Å². The largest absolute Gasteiger partial charge is 0.504 e. The van der Waals surface area contributed by atoms with E-state index in [2.05, 4.69) is 6.92 Å². The molecule has 0 aliphatic rings. The Morgan fingerprint density at radius 1 is 1.00 bits per heavy atom.